The molecule has 0 heterocycles. The van der Waals surface area contributed by atoms with Crippen LogP contribution >= 0.6 is 0 Å². The average molecular weight is 287 g/mol. The molecule has 0 saturated carbocycles. The highest BCUT2D eigenvalue weighted by Gasteiger charge is 2.30. The molecular formula is C10H7F6NO2. The lowest BCUT2D eigenvalue weighted by molar-refractivity contribution is -0.0462. The largest absolute Gasteiger partial charge is 0.390 e. The summed E-state index contributed by atoms with van der Waals surface area (Å²) in [5.74, 6) is -13.4. The highest BCUT2D eigenvalue weighted by atomic mass is 19.3. The number of hydrogen-bond donors (Lipinski definition) is 2. The van der Waals surface area contributed by atoms with Crippen molar-refractivity contribution < 1.29 is 36.2 Å². The molecule has 0 aliphatic heterocycles. The molecule has 0 spiro atoms. The van der Waals surface area contributed by atoms with Crippen LogP contribution in [0.15, 0.2) is 6.07 Å². The Hall–Kier alpha value is -1.77. The second kappa shape index (κ2) is 5.47. The lowest BCUT2D eigenvalue weighted by atomic mass is 10.1. The maximum Gasteiger partial charge on any atom is 0.287 e. The number of alkyl halides is 2. The zero-order valence-electron chi connectivity index (χ0n) is 9.11. The Morgan fingerprint density at radius 1 is 1.16 bits per heavy atom. The third-order valence-corrected chi connectivity index (χ3v) is 2.09. The lowest BCUT2D eigenvalue weighted by Crippen LogP contribution is -2.39. The van der Waals surface area contributed by atoms with Gasteiger partial charge in [-0.05, 0) is 6.07 Å². The summed E-state index contributed by atoms with van der Waals surface area (Å²) < 4.78 is 76.4. The average Bonchev–Trinajstić information content (AvgIpc) is 2.38. The smallest absolute Gasteiger partial charge is 0.287 e. The molecule has 0 aliphatic rings. The SMILES string of the molecule is O=C(NCC(F)(F)CO)c1cc(F)c(F)c(F)c1F. The number of carbonyl (C=O) groups is 1. The predicted molar refractivity (Wildman–Crippen MR) is 50.6 cm³/mol. The second-order valence-electron chi connectivity index (χ2n) is 3.54. The number of amides is 1. The van der Waals surface area contributed by atoms with Crippen molar-refractivity contribution in [3.63, 3.8) is 0 Å². The normalized spacial score (nSPS) is 11.5. The molecular weight excluding hydrogens is 280 g/mol. The van der Waals surface area contributed by atoms with E-state index in [4.69, 9.17) is 5.11 Å². The molecule has 19 heavy (non-hydrogen) atoms. The van der Waals surface area contributed by atoms with Crippen LogP contribution in [0.25, 0.3) is 0 Å². The van der Waals surface area contributed by atoms with Crippen LogP contribution in [0.1, 0.15) is 10.4 Å². The van der Waals surface area contributed by atoms with Crippen LogP contribution in [0.4, 0.5) is 26.3 Å². The molecule has 3 nitrogen and oxygen atoms in total. The maximum absolute atomic E-state index is 13.1. The van der Waals surface area contributed by atoms with Gasteiger partial charge in [0.15, 0.2) is 23.3 Å². The van der Waals surface area contributed by atoms with E-state index in [1.807, 2.05) is 0 Å². The molecule has 0 radical (unpaired) electrons. The van der Waals surface area contributed by atoms with E-state index < -0.39 is 53.8 Å². The standard InChI is InChI=1S/C10H7F6NO2/c11-5-1-4(6(12)8(14)7(5)13)9(19)17-2-10(15,16)3-18/h1,18H,2-3H2,(H,17,19). The Morgan fingerprint density at radius 2 is 1.74 bits per heavy atom. The van der Waals surface area contributed by atoms with E-state index in [2.05, 4.69) is 0 Å². The van der Waals surface area contributed by atoms with Gasteiger partial charge in [-0.25, -0.2) is 26.3 Å². The van der Waals surface area contributed by atoms with E-state index in [-0.39, 0.29) is 6.07 Å². The minimum Gasteiger partial charge on any atom is -0.390 e. The first-order valence-electron chi connectivity index (χ1n) is 4.79. The van der Waals surface area contributed by atoms with Crippen LogP contribution in [0.2, 0.25) is 0 Å². The van der Waals surface area contributed by atoms with Gasteiger partial charge in [-0.1, -0.05) is 0 Å². The van der Waals surface area contributed by atoms with Crippen molar-refractivity contribution in [3.05, 3.63) is 34.9 Å². The molecule has 1 aromatic rings. The van der Waals surface area contributed by atoms with E-state index in [0.717, 1.165) is 0 Å². The van der Waals surface area contributed by atoms with Gasteiger partial charge in [0, 0.05) is 0 Å². The number of carbonyl (C=O) groups excluding carboxylic acids is 1. The van der Waals surface area contributed by atoms with Gasteiger partial charge in [0.2, 0.25) is 0 Å². The number of hydrogen-bond acceptors (Lipinski definition) is 2. The van der Waals surface area contributed by atoms with Gasteiger partial charge >= 0.3 is 0 Å². The van der Waals surface area contributed by atoms with Crippen LogP contribution in [-0.2, 0) is 0 Å². The van der Waals surface area contributed by atoms with Gasteiger partial charge in [0.25, 0.3) is 11.8 Å². The number of nitrogens with one attached hydrogen (secondary N) is 1. The van der Waals surface area contributed by atoms with Crippen molar-refractivity contribution in [1.82, 2.24) is 5.32 Å². The summed E-state index contributed by atoms with van der Waals surface area (Å²) in [5.41, 5.74) is -1.26. The minimum absolute atomic E-state index is 0.0418. The quantitative estimate of drug-likeness (QED) is 0.502. The van der Waals surface area contributed by atoms with E-state index in [1.54, 1.807) is 0 Å². The molecule has 0 atom stereocenters. The Bertz CT molecular complexity index is 505. The Labute approximate surface area is 102 Å². The molecule has 1 aromatic carbocycles. The molecule has 0 fully saturated rings. The number of aliphatic hydroxyl groups excluding tert-OH is 1. The van der Waals surface area contributed by atoms with Gasteiger partial charge in [0.1, 0.15) is 6.61 Å². The molecule has 0 unspecified atom stereocenters. The van der Waals surface area contributed by atoms with Crippen molar-refractivity contribution in [1.29, 1.82) is 0 Å². The van der Waals surface area contributed by atoms with Crippen LogP contribution < -0.4 is 5.32 Å². The van der Waals surface area contributed by atoms with Crippen LogP contribution in [0.5, 0.6) is 0 Å². The van der Waals surface area contributed by atoms with E-state index in [0.29, 0.717) is 0 Å². The number of halogens is 6. The monoisotopic (exact) mass is 287 g/mol. The van der Waals surface area contributed by atoms with E-state index in [9.17, 15) is 31.1 Å². The summed E-state index contributed by atoms with van der Waals surface area (Å²) in [4.78, 5) is 11.2. The Kier molecular flexibility index (Phi) is 4.40. The first-order valence-corrected chi connectivity index (χ1v) is 4.79. The minimum atomic E-state index is -3.68. The zero-order chi connectivity index (χ0) is 14.8. The van der Waals surface area contributed by atoms with Gasteiger partial charge in [0.05, 0.1) is 12.1 Å². The number of benzene rings is 1. The van der Waals surface area contributed by atoms with E-state index >= 15 is 0 Å². The van der Waals surface area contributed by atoms with Crippen LogP contribution in [0, 0.1) is 23.3 Å². The summed E-state index contributed by atoms with van der Waals surface area (Å²) in [6.07, 6.45) is 0. The molecule has 2 N–H and O–H groups in total. The molecule has 0 aliphatic carbocycles. The fourth-order valence-electron chi connectivity index (χ4n) is 1.10. The molecule has 9 heteroatoms. The summed E-state index contributed by atoms with van der Waals surface area (Å²) in [6, 6.07) is 0.0418. The second-order valence-corrected chi connectivity index (χ2v) is 3.54. The van der Waals surface area contributed by atoms with Crippen molar-refractivity contribution >= 4 is 5.91 Å². The van der Waals surface area contributed by atoms with Gasteiger partial charge < -0.3 is 10.4 Å². The summed E-state index contributed by atoms with van der Waals surface area (Å²) in [7, 11) is 0. The fraction of sp³-hybridized carbons (Fsp3) is 0.300. The van der Waals surface area contributed by atoms with Crippen molar-refractivity contribution in [3.8, 4) is 0 Å². The topological polar surface area (TPSA) is 49.3 Å². The molecule has 1 rings (SSSR count). The first-order chi connectivity index (χ1) is 8.69. The number of aliphatic hydroxyl groups is 1. The molecule has 0 saturated heterocycles. The molecule has 0 bridgehead atoms. The third kappa shape index (κ3) is 3.37. The summed E-state index contributed by atoms with van der Waals surface area (Å²) in [5, 5.41) is 9.67. The maximum atomic E-state index is 13.1. The summed E-state index contributed by atoms with van der Waals surface area (Å²) >= 11 is 0. The van der Waals surface area contributed by atoms with Crippen LogP contribution in [0.3, 0.4) is 0 Å². The van der Waals surface area contributed by atoms with Crippen molar-refractivity contribution in [2.75, 3.05) is 13.2 Å². The van der Waals surface area contributed by atoms with Gasteiger partial charge in [-0.15, -0.1) is 0 Å². The van der Waals surface area contributed by atoms with Crippen molar-refractivity contribution in [2.24, 2.45) is 0 Å². The first kappa shape index (κ1) is 15.3. The van der Waals surface area contributed by atoms with Gasteiger partial charge in [-0.3, -0.25) is 4.79 Å². The highest BCUT2D eigenvalue weighted by molar-refractivity contribution is 5.94. The highest BCUT2D eigenvalue weighted by Crippen LogP contribution is 2.19. The molecule has 1 amide bonds. The Balaban J connectivity index is 2.96. The third-order valence-electron chi connectivity index (χ3n) is 2.09. The van der Waals surface area contributed by atoms with Crippen LogP contribution in [-0.4, -0.2) is 30.1 Å². The lowest BCUT2D eigenvalue weighted by Gasteiger charge is -2.14. The number of rotatable bonds is 4. The van der Waals surface area contributed by atoms with Crippen molar-refractivity contribution in [2.45, 2.75) is 5.92 Å². The Morgan fingerprint density at radius 3 is 2.26 bits per heavy atom. The fourth-order valence-corrected chi connectivity index (χ4v) is 1.10. The van der Waals surface area contributed by atoms with Gasteiger partial charge in [-0.2, -0.15) is 0 Å². The molecule has 106 valence electrons. The molecule has 0 aromatic heterocycles. The summed E-state index contributed by atoms with van der Waals surface area (Å²) in [6.45, 7) is -2.95. The van der Waals surface area contributed by atoms with E-state index in [1.165, 1.54) is 5.32 Å². The zero-order valence-corrected chi connectivity index (χ0v) is 9.11. The predicted octanol–water partition coefficient (Wildman–Crippen LogP) is 1.60.